The molecule has 1 saturated heterocycles. The molecule has 1 aliphatic heterocycles. The fourth-order valence-electron chi connectivity index (χ4n) is 2.39. The van der Waals surface area contributed by atoms with Gasteiger partial charge in [0.15, 0.2) is 0 Å². The first-order valence-corrected chi connectivity index (χ1v) is 7.66. The van der Waals surface area contributed by atoms with Gasteiger partial charge in [0.1, 0.15) is 6.04 Å². The number of carbonyl (C=O) groups excluding carboxylic acids is 2. The number of likely N-dealkylation sites (tertiary alicyclic amines) is 1. The number of esters is 1. The molecule has 1 rings (SSSR count). The smallest absolute Gasteiger partial charge is 0.328 e. The molecule has 1 atom stereocenters. The highest BCUT2D eigenvalue weighted by Gasteiger charge is 2.34. The van der Waals surface area contributed by atoms with Gasteiger partial charge in [-0.25, -0.2) is 4.79 Å². The highest BCUT2D eigenvalue weighted by atomic mass is 16.5. The van der Waals surface area contributed by atoms with Gasteiger partial charge in [-0.1, -0.05) is 33.1 Å². The van der Waals surface area contributed by atoms with Gasteiger partial charge in [-0.3, -0.25) is 4.79 Å². The Balaban J connectivity index is 2.39. The lowest BCUT2D eigenvalue weighted by Gasteiger charge is -2.23. The first kappa shape index (κ1) is 16.0. The van der Waals surface area contributed by atoms with Gasteiger partial charge in [-0.05, 0) is 25.7 Å². The average molecular weight is 269 g/mol. The highest BCUT2D eigenvalue weighted by molar-refractivity contribution is 5.85. The largest absolute Gasteiger partial charge is 0.464 e. The van der Waals surface area contributed by atoms with E-state index < -0.39 is 0 Å². The maximum absolute atomic E-state index is 12.1. The molecule has 1 fully saturated rings. The molecule has 1 heterocycles. The van der Waals surface area contributed by atoms with Crippen molar-refractivity contribution >= 4 is 11.9 Å². The van der Waals surface area contributed by atoms with Crippen LogP contribution >= 0.6 is 0 Å². The lowest BCUT2D eigenvalue weighted by atomic mass is 10.1. The lowest BCUT2D eigenvalue weighted by Crippen LogP contribution is -2.41. The SMILES string of the molecule is CCCCCC(=O)N1CCCC1C(=O)OCCCC. The fourth-order valence-corrected chi connectivity index (χ4v) is 2.39. The van der Waals surface area contributed by atoms with Crippen LogP contribution in [0.2, 0.25) is 0 Å². The summed E-state index contributed by atoms with van der Waals surface area (Å²) in [7, 11) is 0. The second kappa shape index (κ2) is 8.94. The van der Waals surface area contributed by atoms with E-state index in [9.17, 15) is 9.59 Å². The lowest BCUT2D eigenvalue weighted by molar-refractivity contribution is -0.153. The van der Waals surface area contributed by atoms with E-state index in [-0.39, 0.29) is 17.9 Å². The Morgan fingerprint density at radius 3 is 2.58 bits per heavy atom. The van der Waals surface area contributed by atoms with Crippen LogP contribution in [-0.2, 0) is 14.3 Å². The van der Waals surface area contributed by atoms with Crippen LogP contribution in [0, 0.1) is 0 Å². The molecule has 4 heteroatoms. The maximum atomic E-state index is 12.1. The van der Waals surface area contributed by atoms with Crippen molar-refractivity contribution in [2.75, 3.05) is 13.2 Å². The molecule has 0 aromatic carbocycles. The third-order valence-electron chi connectivity index (χ3n) is 3.58. The predicted octanol–water partition coefficient (Wildman–Crippen LogP) is 2.90. The summed E-state index contributed by atoms with van der Waals surface area (Å²) in [5.74, 6) is -0.0989. The van der Waals surface area contributed by atoms with Crippen LogP contribution in [0.25, 0.3) is 0 Å². The van der Waals surface area contributed by atoms with E-state index in [1.165, 1.54) is 0 Å². The van der Waals surface area contributed by atoms with Gasteiger partial charge in [-0.15, -0.1) is 0 Å². The maximum Gasteiger partial charge on any atom is 0.328 e. The Morgan fingerprint density at radius 2 is 1.89 bits per heavy atom. The summed E-state index contributed by atoms with van der Waals surface area (Å²) in [4.78, 5) is 25.8. The molecular weight excluding hydrogens is 242 g/mol. The van der Waals surface area contributed by atoms with Crippen molar-refractivity contribution in [1.82, 2.24) is 4.90 Å². The second-order valence-corrected chi connectivity index (χ2v) is 5.22. The van der Waals surface area contributed by atoms with E-state index in [0.717, 1.165) is 44.9 Å². The number of unbranched alkanes of at least 4 members (excludes halogenated alkanes) is 3. The highest BCUT2D eigenvalue weighted by Crippen LogP contribution is 2.20. The van der Waals surface area contributed by atoms with Crippen LogP contribution in [-0.4, -0.2) is 36.0 Å². The van der Waals surface area contributed by atoms with Crippen LogP contribution in [0.4, 0.5) is 0 Å². The minimum absolute atomic E-state index is 0.114. The van der Waals surface area contributed by atoms with Gasteiger partial charge < -0.3 is 9.64 Å². The van der Waals surface area contributed by atoms with E-state index in [0.29, 0.717) is 19.6 Å². The van der Waals surface area contributed by atoms with Crippen molar-refractivity contribution in [2.24, 2.45) is 0 Å². The molecule has 0 N–H and O–H groups in total. The summed E-state index contributed by atoms with van der Waals surface area (Å²) in [5, 5.41) is 0. The van der Waals surface area contributed by atoms with Crippen molar-refractivity contribution in [1.29, 1.82) is 0 Å². The number of amides is 1. The van der Waals surface area contributed by atoms with Crippen LogP contribution in [0.3, 0.4) is 0 Å². The van der Waals surface area contributed by atoms with Crippen LogP contribution in [0.1, 0.15) is 65.2 Å². The molecular formula is C15H27NO3. The zero-order chi connectivity index (χ0) is 14.1. The quantitative estimate of drug-likeness (QED) is 0.503. The third-order valence-corrected chi connectivity index (χ3v) is 3.58. The summed E-state index contributed by atoms with van der Waals surface area (Å²) < 4.78 is 5.24. The van der Waals surface area contributed by atoms with Crippen LogP contribution in [0.5, 0.6) is 0 Å². The molecule has 0 spiro atoms. The summed E-state index contributed by atoms with van der Waals surface area (Å²) in [5.41, 5.74) is 0. The summed E-state index contributed by atoms with van der Waals surface area (Å²) >= 11 is 0. The van der Waals surface area contributed by atoms with Crippen molar-refractivity contribution in [2.45, 2.75) is 71.3 Å². The zero-order valence-corrected chi connectivity index (χ0v) is 12.3. The number of hydrogen-bond donors (Lipinski definition) is 0. The fraction of sp³-hybridized carbons (Fsp3) is 0.867. The topological polar surface area (TPSA) is 46.6 Å². The molecule has 0 bridgehead atoms. The van der Waals surface area contributed by atoms with Gasteiger partial charge in [0.2, 0.25) is 5.91 Å². The van der Waals surface area contributed by atoms with Gasteiger partial charge in [0.05, 0.1) is 6.61 Å². The number of rotatable bonds is 8. The second-order valence-electron chi connectivity index (χ2n) is 5.22. The first-order chi connectivity index (χ1) is 9.20. The molecule has 0 radical (unpaired) electrons. The van der Waals surface area contributed by atoms with E-state index >= 15 is 0 Å². The van der Waals surface area contributed by atoms with Crippen LogP contribution < -0.4 is 0 Å². The monoisotopic (exact) mass is 269 g/mol. The number of nitrogens with zero attached hydrogens (tertiary/aromatic N) is 1. The number of ether oxygens (including phenoxy) is 1. The van der Waals surface area contributed by atoms with Gasteiger partial charge >= 0.3 is 5.97 Å². The first-order valence-electron chi connectivity index (χ1n) is 7.66. The molecule has 0 saturated carbocycles. The van der Waals surface area contributed by atoms with E-state index in [2.05, 4.69) is 13.8 Å². The van der Waals surface area contributed by atoms with Crippen molar-refractivity contribution in [3.8, 4) is 0 Å². The molecule has 1 amide bonds. The Morgan fingerprint density at radius 1 is 1.16 bits per heavy atom. The normalized spacial score (nSPS) is 18.6. The third kappa shape index (κ3) is 5.21. The van der Waals surface area contributed by atoms with Gasteiger partial charge in [0.25, 0.3) is 0 Å². The Labute approximate surface area is 116 Å². The van der Waals surface area contributed by atoms with Gasteiger partial charge in [-0.2, -0.15) is 0 Å². The minimum Gasteiger partial charge on any atom is -0.464 e. The molecule has 1 unspecified atom stereocenters. The Hall–Kier alpha value is -1.06. The molecule has 4 nitrogen and oxygen atoms in total. The van der Waals surface area contributed by atoms with E-state index in [4.69, 9.17) is 4.74 Å². The zero-order valence-electron chi connectivity index (χ0n) is 12.3. The minimum atomic E-state index is -0.328. The molecule has 1 aliphatic rings. The summed E-state index contributed by atoms with van der Waals surface area (Å²) in [6.07, 6.45) is 7.23. The molecule has 19 heavy (non-hydrogen) atoms. The molecule has 110 valence electrons. The number of hydrogen-bond acceptors (Lipinski definition) is 3. The predicted molar refractivity (Wildman–Crippen MR) is 74.7 cm³/mol. The summed E-state index contributed by atoms with van der Waals surface area (Å²) in [6.45, 7) is 5.36. The summed E-state index contributed by atoms with van der Waals surface area (Å²) in [6, 6.07) is -0.328. The molecule has 0 aromatic rings. The van der Waals surface area contributed by atoms with E-state index in [1.54, 1.807) is 4.90 Å². The molecule has 0 aliphatic carbocycles. The van der Waals surface area contributed by atoms with Crippen LogP contribution in [0.15, 0.2) is 0 Å². The average Bonchev–Trinajstić information content (AvgIpc) is 2.88. The van der Waals surface area contributed by atoms with Crippen molar-refractivity contribution < 1.29 is 14.3 Å². The number of carbonyl (C=O) groups is 2. The van der Waals surface area contributed by atoms with Crippen molar-refractivity contribution in [3.63, 3.8) is 0 Å². The Kier molecular flexibility index (Phi) is 7.53. The molecule has 0 aromatic heterocycles. The van der Waals surface area contributed by atoms with E-state index in [1.807, 2.05) is 0 Å². The Bertz CT molecular complexity index is 263. The standard InChI is InChI=1S/C15H27NO3/c1-3-5-7-10-14(17)16-11-8-9-13(16)15(18)19-12-6-4-2/h13H,3-12H2,1-2H3. The van der Waals surface area contributed by atoms with Gasteiger partial charge in [0, 0.05) is 13.0 Å². The van der Waals surface area contributed by atoms with Crippen molar-refractivity contribution in [3.05, 3.63) is 0 Å².